The monoisotopic (exact) mass is 1000 g/mol. The normalized spacial score (nSPS) is 18.6. The molecule has 4 aliphatic rings. The molecule has 9 aromatic carbocycles. The van der Waals surface area contributed by atoms with Crippen molar-refractivity contribution >= 4 is 100 Å². The molecule has 0 bridgehead atoms. The molecule has 1 aliphatic carbocycles. The summed E-state index contributed by atoms with van der Waals surface area (Å²) in [5.41, 5.74) is 22.7. The number of anilines is 8. The molecule has 374 valence electrons. The lowest BCUT2D eigenvalue weighted by atomic mass is 9.33. The van der Waals surface area contributed by atoms with Crippen LogP contribution in [0.5, 0.6) is 0 Å². The second-order valence-corrected chi connectivity index (χ2v) is 26.7. The maximum absolute atomic E-state index is 2.80. The van der Waals surface area contributed by atoms with Crippen molar-refractivity contribution in [3.05, 3.63) is 233 Å². The minimum Gasteiger partial charge on any atom is -0.334 e. The Balaban J connectivity index is 1.13. The molecule has 0 amide bonds. The SMILES string of the molecule is CC(C)(C)c1ccc(N2c3ccc(C(C)(C)C)cc3B3c4cc(C(C)(C)C)ccc4N(c4cccc5c4sc4ccccc45)c4cc(N5c6ccccc6C6(c7ccccc7)Cc7ccccc7CC56C)cc2c43)cc1. The van der Waals surface area contributed by atoms with Crippen LogP contribution in [0.4, 0.5) is 45.5 Å². The molecule has 4 heterocycles. The number of thiophene rings is 1. The zero-order chi connectivity index (χ0) is 52.3. The summed E-state index contributed by atoms with van der Waals surface area (Å²) in [6.45, 7) is 23.7. The quantitative estimate of drug-likeness (QED) is 0.163. The van der Waals surface area contributed by atoms with E-state index in [9.17, 15) is 0 Å². The average molecular weight is 1000 g/mol. The van der Waals surface area contributed by atoms with Gasteiger partial charge in [0.15, 0.2) is 0 Å². The lowest BCUT2D eigenvalue weighted by molar-refractivity contribution is 0.281. The Labute approximate surface area is 454 Å². The number of nitrogens with zero attached hydrogens (tertiary/aromatic N) is 3. The maximum atomic E-state index is 2.80. The van der Waals surface area contributed by atoms with E-state index in [0.717, 1.165) is 12.8 Å². The van der Waals surface area contributed by atoms with Crippen LogP contribution < -0.4 is 31.1 Å². The summed E-state index contributed by atoms with van der Waals surface area (Å²) in [5, 5.41) is 2.61. The van der Waals surface area contributed by atoms with Crippen LogP contribution in [0, 0.1) is 0 Å². The minimum atomic E-state index is -0.398. The van der Waals surface area contributed by atoms with Gasteiger partial charge in [0, 0.05) is 60.7 Å². The molecule has 0 N–H and O–H groups in total. The largest absolute Gasteiger partial charge is 0.334 e. The number of hydrogen-bond donors (Lipinski definition) is 0. The Morgan fingerprint density at radius 3 is 1.64 bits per heavy atom. The van der Waals surface area contributed by atoms with Gasteiger partial charge in [-0.25, -0.2) is 0 Å². The smallest absolute Gasteiger partial charge is 0.252 e. The first-order valence-electron chi connectivity index (χ1n) is 27.5. The second kappa shape index (κ2) is 16.3. The Bertz CT molecular complexity index is 4000. The molecule has 3 nitrogen and oxygen atoms in total. The van der Waals surface area contributed by atoms with E-state index >= 15 is 0 Å². The van der Waals surface area contributed by atoms with Crippen molar-refractivity contribution in [3.8, 4) is 0 Å². The zero-order valence-electron chi connectivity index (χ0n) is 45.7. The molecule has 0 fully saturated rings. The van der Waals surface area contributed by atoms with Crippen molar-refractivity contribution in [2.75, 3.05) is 14.7 Å². The molecule has 2 atom stereocenters. The highest BCUT2D eigenvalue weighted by atomic mass is 32.1. The van der Waals surface area contributed by atoms with E-state index in [0.29, 0.717) is 0 Å². The Morgan fingerprint density at radius 2 is 0.974 bits per heavy atom. The van der Waals surface area contributed by atoms with Crippen molar-refractivity contribution in [1.29, 1.82) is 0 Å². The van der Waals surface area contributed by atoms with Crippen LogP contribution in [0.15, 0.2) is 194 Å². The fraction of sp³-hybridized carbons (Fsp3) is 0.239. The molecule has 0 saturated carbocycles. The standard InChI is InChI=1S/C71H66BN3S/c1-67(2,3)47-31-35-51(36-32-47)73-59-37-33-49(68(4,5)6)39-56(59)72-57-40-50(69(7,8)9)34-38-60(57)74(61-29-20-26-54-53-25-16-19-30-64(53)76-66(54)61)63-42-52(41-62(73)65(63)72)75-58-28-18-17-27-55(58)71(48-23-12-11-13-24-48)44-46-22-15-14-21-45(46)43-70(71,75)10/h11-42H,43-44H2,1-10H3. The average Bonchev–Trinajstić information content (AvgIpc) is 4.12. The lowest BCUT2D eigenvalue weighted by Crippen LogP contribution is -2.62. The van der Waals surface area contributed by atoms with Gasteiger partial charge in [-0.05, 0) is 146 Å². The molecule has 14 rings (SSSR count). The van der Waals surface area contributed by atoms with E-state index in [1.165, 1.54) is 121 Å². The van der Waals surface area contributed by atoms with E-state index in [2.05, 4.69) is 278 Å². The Morgan fingerprint density at radius 1 is 0.434 bits per heavy atom. The minimum absolute atomic E-state index is 0.00909. The van der Waals surface area contributed by atoms with Gasteiger partial charge in [-0.1, -0.05) is 202 Å². The molecular weight excluding hydrogens is 938 g/mol. The first-order valence-corrected chi connectivity index (χ1v) is 28.4. The number of para-hydroxylation sites is 1. The summed E-state index contributed by atoms with van der Waals surface area (Å²) in [7, 11) is 0. The number of hydrogen-bond acceptors (Lipinski definition) is 4. The van der Waals surface area contributed by atoms with Crippen LogP contribution >= 0.6 is 11.3 Å². The van der Waals surface area contributed by atoms with Crippen molar-refractivity contribution in [3.63, 3.8) is 0 Å². The summed E-state index contributed by atoms with van der Waals surface area (Å²) < 4.78 is 2.61. The van der Waals surface area contributed by atoms with Crippen molar-refractivity contribution < 1.29 is 0 Å². The number of rotatable bonds is 4. The third-order valence-electron chi connectivity index (χ3n) is 18.0. The fourth-order valence-electron chi connectivity index (χ4n) is 14.2. The summed E-state index contributed by atoms with van der Waals surface area (Å²) in [4.78, 5) is 8.12. The zero-order valence-corrected chi connectivity index (χ0v) is 46.5. The summed E-state index contributed by atoms with van der Waals surface area (Å²) in [6, 6.07) is 75.7. The van der Waals surface area contributed by atoms with Crippen LogP contribution in [-0.4, -0.2) is 12.3 Å². The van der Waals surface area contributed by atoms with Crippen LogP contribution in [0.1, 0.15) is 108 Å². The van der Waals surface area contributed by atoms with Gasteiger partial charge in [0.2, 0.25) is 0 Å². The van der Waals surface area contributed by atoms with Gasteiger partial charge < -0.3 is 14.7 Å². The molecule has 10 aromatic rings. The summed E-state index contributed by atoms with van der Waals surface area (Å²) in [6.07, 6.45) is 1.80. The predicted molar refractivity (Wildman–Crippen MR) is 328 cm³/mol. The highest BCUT2D eigenvalue weighted by Crippen LogP contribution is 2.63. The number of fused-ring (bicyclic) bond motifs is 11. The van der Waals surface area contributed by atoms with Gasteiger partial charge in [-0.3, -0.25) is 0 Å². The Kier molecular flexibility index (Phi) is 10.1. The molecule has 76 heavy (non-hydrogen) atoms. The summed E-state index contributed by atoms with van der Waals surface area (Å²) >= 11 is 1.92. The Hall–Kier alpha value is -7.34. The molecule has 5 heteroatoms. The van der Waals surface area contributed by atoms with Crippen LogP contribution in [-0.2, 0) is 34.5 Å². The predicted octanol–water partition coefficient (Wildman–Crippen LogP) is 17.0. The second-order valence-electron chi connectivity index (χ2n) is 25.6. The first kappa shape index (κ1) is 47.1. The van der Waals surface area contributed by atoms with Crippen LogP contribution in [0.3, 0.4) is 0 Å². The van der Waals surface area contributed by atoms with Crippen LogP contribution in [0.2, 0.25) is 0 Å². The van der Waals surface area contributed by atoms with E-state index in [1.54, 1.807) is 0 Å². The van der Waals surface area contributed by atoms with Gasteiger partial charge in [-0.15, -0.1) is 11.3 Å². The molecule has 1 aromatic heterocycles. The highest BCUT2D eigenvalue weighted by molar-refractivity contribution is 7.26. The van der Waals surface area contributed by atoms with E-state index in [4.69, 9.17) is 0 Å². The topological polar surface area (TPSA) is 9.72 Å². The van der Waals surface area contributed by atoms with Gasteiger partial charge >= 0.3 is 0 Å². The van der Waals surface area contributed by atoms with E-state index in [1.807, 2.05) is 11.3 Å². The first-order chi connectivity index (χ1) is 36.4. The van der Waals surface area contributed by atoms with Gasteiger partial charge in [0.05, 0.1) is 15.9 Å². The third-order valence-corrected chi connectivity index (χ3v) is 19.3. The molecular formula is C71H66BN3S. The van der Waals surface area contributed by atoms with Crippen molar-refractivity contribution in [1.82, 2.24) is 0 Å². The molecule has 3 aliphatic heterocycles. The number of benzene rings is 9. The fourth-order valence-corrected chi connectivity index (χ4v) is 15.4. The molecule has 2 unspecified atom stereocenters. The third kappa shape index (κ3) is 6.73. The van der Waals surface area contributed by atoms with Gasteiger partial charge in [-0.2, -0.15) is 0 Å². The molecule has 0 saturated heterocycles. The lowest BCUT2D eigenvalue weighted by Gasteiger charge is -2.53. The maximum Gasteiger partial charge on any atom is 0.252 e. The van der Waals surface area contributed by atoms with E-state index < -0.39 is 5.54 Å². The molecule has 0 spiro atoms. The van der Waals surface area contributed by atoms with Gasteiger partial charge in [0.25, 0.3) is 6.71 Å². The summed E-state index contributed by atoms with van der Waals surface area (Å²) in [5.74, 6) is 0. The van der Waals surface area contributed by atoms with Crippen molar-refractivity contribution in [2.24, 2.45) is 0 Å². The van der Waals surface area contributed by atoms with Gasteiger partial charge in [0.1, 0.15) is 0 Å². The molecule has 0 radical (unpaired) electrons. The van der Waals surface area contributed by atoms with Crippen molar-refractivity contribution in [2.45, 2.75) is 109 Å². The highest BCUT2D eigenvalue weighted by Gasteiger charge is 2.62. The van der Waals surface area contributed by atoms with E-state index in [-0.39, 0.29) is 28.4 Å². The van der Waals surface area contributed by atoms with Crippen LogP contribution in [0.25, 0.3) is 20.2 Å².